The maximum absolute atomic E-state index is 12.4. The highest BCUT2D eigenvalue weighted by atomic mass is 32.2. The molecule has 0 aromatic heterocycles. The maximum atomic E-state index is 12.4. The molecule has 1 aliphatic heterocycles. The fourth-order valence-electron chi connectivity index (χ4n) is 2.41. The Balaban J connectivity index is 2.09. The second-order valence-corrected chi connectivity index (χ2v) is 8.73. The first-order chi connectivity index (χ1) is 9.99. The number of benzene rings is 1. The molecule has 0 radical (unpaired) electrons. The van der Waals surface area contributed by atoms with Crippen molar-refractivity contribution in [1.82, 2.24) is 4.72 Å². The molecule has 1 aromatic carbocycles. The van der Waals surface area contributed by atoms with E-state index < -0.39 is 10.0 Å². The number of anilines is 1. The van der Waals surface area contributed by atoms with Crippen molar-refractivity contribution in [3.05, 3.63) is 24.3 Å². The third kappa shape index (κ3) is 4.90. The van der Waals surface area contributed by atoms with Crippen LogP contribution in [0.2, 0.25) is 0 Å². The molecule has 2 N–H and O–H groups in total. The standard InChI is InChI=1S/C15H24N2O2S2/c1-12(2)17-21(18,19)15-9-4-3-8-14(15)16-11-13-7-5-6-10-20-13/h3-4,8-9,12-13,16-17H,5-7,10-11H2,1-2H3. The van der Waals surface area contributed by atoms with E-state index in [0.717, 1.165) is 6.54 Å². The summed E-state index contributed by atoms with van der Waals surface area (Å²) in [5.41, 5.74) is 0.692. The molecule has 1 fully saturated rings. The normalized spacial score (nSPS) is 19.7. The van der Waals surface area contributed by atoms with E-state index in [-0.39, 0.29) is 6.04 Å². The minimum absolute atomic E-state index is 0.114. The van der Waals surface area contributed by atoms with Gasteiger partial charge in [-0.15, -0.1) is 0 Å². The van der Waals surface area contributed by atoms with E-state index in [1.807, 2.05) is 37.7 Å². The van der Waals surface area contributed by atoms with E-state index in [9.17, 15) is 8.42 Å². The van der Waals surface area contributed by atoms with Crippen LogP contribution in [0.1, 0.15) is 33.1 Å². The highest BCUT2D eigenvalue weighted by Crippen LogP contribution is 2.27. The Bertz CT molecular complexity index is 553. The van der Waals surface area contributed by atoms with Crippen molar-refractivity contribution in [1.29, 1.82) is 0 Å². The Hall–Kier alpha value is -0.720. The zero-order chi connectivity index (χ0) is 15.3. The minimum Gasteiger partial charge on any atom is -0.383 e. The van der Waals surface area contributed by atoms with E-state index in [1.165, 1.54) is 25.0 Å². The van der Waals surface area contributed by atoms with Gasteiger partial charge in [0.2, 0.25) is 10.0 Å². The summed E-state index contributed by atoms with van der Waals surface area (Å²) in [6.45, 7) is 4.47. The third-order valence-corrected chi connectivity index (χ3v) is 6.48. The van der Waals surface area contributed by atoms with E-state index in [2.05, 4.69) is 10.0 Å². The highest BCUT2D eigenvalue weighted by Gasteiger charge is 2.20. The SMILES string of the molecule is CC(C)NS(=O)(=O)c1ccccc1NCC1CCCCS1. The number of nitrogens with one attached hydrogen (secondary N) is 2. The summed E-state index contributed by atoms with van der Waals surface area (Å²) in [6.07, 6.45) is 3.77. The Morgan fingerprint density at radius 3 is 2.71 bits per heavy atom. The molecule has 1 heterocycles. The first-order valence-corrected chi connectivity index (χ1v) is 9.99. The summed E-state index contributed by atoms with van der Waals surface area (Å²) >= 11 is 1.98. The molecule has 0 aliphatic carbocycles. The monoisotopic (exact) mass is 328 g/mol. The highest BCUT2D eigenvalue weighted by molar-refractivity contribution is 8.00. The van der Waals surface area contributed by atoms with Crippen molar-refractivity contribution in [2.45, 2.75) is 49.3 Å². The van der Waals surface area contributed by atoms with Gasteiger partial charge in [-0.3, -0.25) is 0 Å². The largest absolute Gasteiger partial charge is 0.383 e. The molecular formula is C15H24N2O2S2. The van der Waals surface area contributed by atoms with Gasteiger partial charge in [0.1, 0.15) is 4.90 Å². The summed E-state index contributed by atoms with van der Waals surface area (Å²) in [6, 6.07) is 7.00. The van der Waals surface area contributed by atoms with Gasteiger partial charge in [0, 0.05) is 17.8 Å². The quantitative estimate of drug-likeness (QED) is 0.842. The second kappa shape index (κ2) is 7.51. The summed E-state index contributed by atoms with van der Waals surface area (Å²) in [5.74, 6) is 1.21. The Morgan fingerprint density at radius 1 is 1.29 bits per heavy atom. The van der Waals surface area contributed by atoms with E-state index in [0.29, 0.717) is 15.8 Å². The van der Waals surface area contributed by atoms with Crippen molar-refractivity contribution in [3.8, 4) is 0 Å². The smallest absolute Gasteiger partial charge is 0.242 e. The molecule has 1 atom stereocenters. The van der Waals surface area contributed by atoms with Gasteiger partial charge in [0.15, 0.2) is 0 Å². The van der Waals surface area contributed by atoms with Gasteiger partial charge in [-0.25, -0.2) is 13.1 Å². The first-order valence-electron chi connectivity index (χ1n) is 7.46. The number of hydrogen-bond acceptors (Lipinski definition) is 4. The van der Waals surface area contributed by atoms with Crippen LogP contribution in [0, 0.1) is 0 Å². The number of sulfonamides is 1. The van der Waals surface area contributed by atoms with Crippen LogP contribution < -0.4 is 10.0 Å². The van der Waals surface area contributed by atoms with Crippen LogP contribution in [0.3, 0.4) is 0 Å². The molecule has 118 valence electrons. The molecule has 0 bridgehead atoms. The van der Waals surface area contributed by atoms with Gasteiger partial charge in [-0.1, -0.05) is 18.6 Å². The molecule has 6 heteroatoms. The summed E-state index contributed by atoms with van der Waals surface area (Å²) < 4.78 is 27.4. The average molecular weight is 329 g/mol. The lowest BCUT2D eigenvalue weighted by molar-refractivity contribution is 0.570. The molecule has 1 saturated heterocycles. The molecule has 2 rings (SSSR count). The molecule has 1 aromatic rings. The average Bonchev–Trinajstić information content (AvgIpc) is 2.45. The Labute approximate surface area is 132 Å². The molecule has 21 heavy (non-hydrogen) atoms. The van der Waals surface area contributed by atoms with Crippen molar-refractivity contribution in [2.75, 3.05) is 17.6 Å². The summed E-state index contributed by atoms with van der Waals surface area (Å²) in [7, 11) is -3.46. The molecular weight excluding hydrogens is 304 g/mol. The number of thioether (sulfide) groups is 1. The predicted molar refractivity (Wildman–Crippen MR) is 90.5 cm³/mol. The predicted octanol–water partition coefficient (Wildman–Crippen LogP) is 3.07. The van der Waals surface area contributed by atoms with Crippen LogP contribution in [0.4, 0.5) is 5.69 Å². The zero-order valence-corrected chi connectivity index (χ0v) is 14.3. The van der Waals surface area contributed by atoms with Crippen LogP contribution in [-0.4, -0.2) is 32.0 Å². The summed E-state index contributed by atoms with van der Waals surface area (Å²) in [4.78, 5) is 0.333. The number of para-hydroxylation sites is 1. The van der Waals surface area contributed by atoms with Crippen LogP contribution in [0.25, 0.3) is 0 Å². The minimum atomic E-state index is -3.46. The van der Waals surface area contributed by atoms with Gasteiger partial charge in [-0.2, -0.15) is 11.8 Å². The van der Waals surface area contributed by atoms with Crippen LogP contribution >= 0.6 is 11.8 Å². The van der Waals surface area contributed by atoms with E-state index in [1.54, 1.807) is 12.1 Å². The molecule has 4 nitrogen and oxygen atoms in total. The maximum Gasteiger partial charge on any atom is 0.242 e. The zero-order valence-electron chi connectivity index (χ0n) is 12.6. The van der Waals surface area contributed by atoms with Gasteiger partial charge < -0.3 is 5.32 Å². The Kier molecular flexibility index (Phi) is 5.96. The second-order valence-electron chi connectivity index (χ2n) is 5.64. The van der Waals surface area contributed by atoms with Gasteiger partial charge in [-0.05, 0) is 44.6 Å². The Morgan fingerprint density at radius 2 is 2.05 bits per heavy atom. The van der Waals surface area contributed by atoms with Gasteiger partial charge in [0.25, 0.3) is 0 Å². The van der Waals surface area contributed by atoms with Crippen LogP contribution in [0.15, 0.2) is 29.2 Å². The lowest BCUT2D eigenvalue weighted by Gasteiger charge is -2.23. The van der Waals surface area contributed by atoms with Crippen molar-refractivity contribution in [3.63, 3.8) is 0 Å². The molecule has 0 spiro atoms. The topological polar surface area (TPSA) is 58.2 Å². The van der Waals surface area contributed by atoms with Crippen molar-refractivity contribution >= 4 is 27.5 Å². The molecule has 0 saturated carbocycles. The number of hydrogen-bond donors (Lipinski definition) is 2. The van der Waals surface area contributed by atoms with Gasteiger partial charge in [0.05, 0.1) is 5.69 Å². The van der Waals surface area contributed by atoms with Gasteiger partial charge >= 0.3 is 0 Å². The molecule has 1 aliphatic rings. The molecule has 0 amide bonds. The van der Waals surface area contributed by atoms with E-state index in [4.69, 9.17) is 0 Å². The fraction of sp³-hybridized carbons (Fsp3) is 0.600. The fourth-order valence-corrected chi connectivity index (χ4v) is 5.09. The summed E-state index contributed by atoms with van der Waals surface area (Å²) in [5, 5.41) is 3.90. The lowest BCUT2D eigenvalue weighted by Crippen LogP contribution is -2.31. The van der Waals surface area contributed by atoms with Crippen molar-refractivity contribution in [2.24, 2.45) is 0 Å². The van der Waals surface area contributed by atoms with Crippen LogP contribution in [0.5, 0.6) is 0 Å². The van der Waals surface area contributed by atoms with Crippen LogP contribution in [-0.2, 0) is 10.0 Å². The van der Waals surface area contributed by atoms with E-state index >= 15 is 0 Å². The molecule has 1 unspecified atom stereocenters. The first kappa shape index (κ1) is 16.6. The van der Waals surface area contributed by atoms with Crippen molar-refractivity contribution < 1.29 is 8.42 Å². The number of rotatable bonds is 6. The third-order valence-electron chi connectivity index (χ3n) is 3.36. The lowest BCUT2D eigenvalue weighted by atomic mass is 10.2.